The summed E-state index contributed by atoms with van der Waals surface area (Å²) in [5, 5.41) is 0. The summed E-state index contributed by atoms with van der Waals surface area (Å²) in [5.41, 5.74) is 2.07. The Kier molecular flexibility index (Phi) is 4.33. The van der Waals surface area contributed by atoms with Crippen molar-refractivity contribution in [2.75, 3.05) is 14.2 Å². The first-order chi connectivity index (χ1) is 11.2. The van der Waals surface area contributed by atoms with Crippen molar-refractivity contribution in [3.05, 3.63) is 77.6 Å². The third-order valence-electron chi connectivity index (χ3n) is 3.93. The number of hydrogen-bond acceptors (Lipinski definition) is 4. The molecular weight excluding hydrogens is 292 g/mol. The van der Waals surface area contributed by atoms with Gasteiger partial charge in [0.15, 0.2) is 0 Å². The molecule has 2 aromatic rings. The van der Waals surface area contributed by atoms with Crippen LogP contribution in [0.25, 0.3) is 0 Å². The van der Waals surface area contributed by atoms with Gasteiger partial charge in [-0.05, 0) is 29.3 Å². The second-order valence-corrected chi connectivity index (χ2v) is 5.27. The standard InChI is InChI=1S/C19H18O4/c1-21-15-10-8-14(9-11-15)18-16(13-6-4-3-5-7-13)12-17(23-18)19(20)22-2/h3-12,16,18H,1-2H3/t16-,18+/m0/s1. The van der Waals surface area contributed by atoms with Crippen LogP contribution in [0.5, 0.6) is 5.75 Å². The zero-order chi connectivity index (χ0) is 16.2. The molecule has 0 radical (unpaired) electrons. The number of methoxy groups -OCH3 is 2. The van der Waals surface area contributed by atoms with Gasteiger partial charge in [0.1, 0.15) is 11.9 Å². The van der Waals surface area contributed by atoms with E-state index in [2.05, 4.69) is 0 Å². The SMILES string of the molecule is COC(=O)C1=C[C@@H](c2ccccc2)[C@@H](c2ccc(OC)cc2)O1. The molecule has 2 aromatic carbocycles. The van der Waals surface area contributed by atoms with Crippen LogP contribution in [0.4, 0.5) is 0 Å². The van der Waals surface area contributed by atoms with Crippen molar-refractivity contribution in [2.45, 2.75) is 12.0 Å². The molecule has 0 aromatic heterocycles. The predicted molar refractivity (Wildman–Crippen MR) is 86.1 cm³/mol. The maximum absolute atomic E-state index is 11.8. The molecule has 1 aliphatic rings. The fraction of sp³-hybridized carbons (Fsp3) is 0.211. The van der Waals surface area contributed by atoms with Gasteiger partial charge in [-0.3, -0.25) is 0 Å². The van der Waals surface area contributed by atoms with Gasteiger partial charge >= 0.3 is 5.97 Å². The topological polar surface area (TPSA) is 44.8 Å². The molecule has 0 saturated heterocycles. The summed E-state index contributed by atoms with van der Waals surface area (Å²) in [5.74, 6) is 0.534. The van der Waals surface area contributed by atoms with Crippen LogP contribution in [0.2, 0.25) is 0 Å². The largest absolute Gasteiger partial charge is 0.497 e. The number of carbonyl (C=O) groups is 1. The Morgan fingerprint density at radius 2 is 1.65 bits per heavy atom. The molecule has 0 unspecified atom stereocenters. The van der Waals surface area contributed by atoms with E-state index in [1.54, 1.807) is 7.11 Å². The van der Waals surface area contributed by atoms with Gasteiger partial charge < -0.3 is 14.2 Å². The molecule has 23 heavy (non-hydrogen) atoms. The molecule has 0 bridgehead atoms. The normalized spacial score (nSPS) is 19.7. The summed E-state index contributed by atoms with van der Waals surface area (Å²) in [7, 11) is 2.98. The van der Waals surface area contributed by atoms with Gasteiger partial charge in [0.25, 0.3) is 0 Å². The average molecular weight is 310 g/mol. The molecule has 0 aliphatic carbocycles. The fourth-order valence-electron chi connectivity index (χ4n) is 2.73. The van der Waals surface area contributed by atoms with E-state index in [-0.39, 0.29) is 17.8 Å². The summed E-state index contributed by atoms with van der Waals surface area (Å²) < 4.78 is 15.9. The first-order valence-electron chi connectivity index (χ1n) is 7.38. The minimum Gasteiger partial charge on any atom is -0.497 e. The number of rotatable bonds is 4. The quantitative estimate of drug-likeness (QED) is 0.809. The van der Waals surface area contributed by atoms with Gasteiger partial charge in [-0.25, -0.2) is 4.79 Å². The Morgan fingerprint density at radius 3 is 2.26 bits per heavy atom. The van der Waals surface area contributed by atoms with Crippen molar-refractivity contribution < 1.29 is 19.0 Å². The second kappa shape index (κ2) is 6.57. The van der Waals surface area contributed by atoms with Crippen LogP contribution in [-0.4, -0.2) is 20.2 Å². The third-order valence-corrected chi connectivity index (χ3v) is 3.93. The Hall–Kier alpha value is -2.75. The lowest BCUT2D eigenvalue weighted by atomic mass is 9.90. The summed E-state index contributed by atoms with van der Waals surface area (Å²) in [6, 6.07) is 17.7. The summed E-state index contributed by atoms with van der Waals surface area (Å²) in [6.07, 6.45) is 1.56. The zero-order valence-corrected chi connectivity index (χ0v) is 13.1. The summed E-state index contributed by atoms with van der Waals surface area (Å²) in [4.78, 5) is 11.8. The smallest absolute Gasteiger partial charge is 0.373 e. The van der Waals surface area contributed by atoms with Crippen molar-refractivity contribution >= 4 is 5.97 Å². The minimum atomic E-state index is -0.457. The molecule has 4 nitrogen and oxygen atoms in total. The first kappa shape index (κ1) is 15.2. The molecule has 0 saturated carbocycles. The lowest BCUT2D eigenvalue weighted by Crippen LogP contribution is -2.09. The van der Waals surface area contributed by atoms with Crippen molar-refractivity contribution in [1.29, 1.82) is 0 Å². The maximum Gasteiger partial charge on any atom is 0.373 e. The molecule has 3 rings (SSSR count). The Morgan fingerprint density at radius 1 is 0.957 bits per heavy atom. The van der Waals surface area contributed by atoms with E-state index in [9.17, 15) is 4.79 Å². The van der Waals surface area contributed by atoms with Gasteiger partial charge in [0.05, 0.1) is 14.2 Å². The van der Waals surface area contributed by atoms with Crippen molar-refractivity contribution in [3.63, 3.8) is 0 Å². The van der Waals surface area contributed by atoms with Crippen molar-refractivity contribution in [3.8, 4) is 5.75 Å². The molecule has 1 heterocycles. The molecular formula is C19H18O4. The molecule has 4 heteroatoms. The number of carbonyl (C=O) groups excluding carboxylic acids is 1. The number of benzene rings is 2. The fourth-order valence-corrected chi connectivity index (χ4v) is 2.73. The van der Waals surface area contributed by atoms with Crippen LogP contribution in [0, 0.1) is 0 Å². The third kappa shape index (κ3) is 3.06. The maximum atomic E-state index is 11.8. The number of hydrogen-bond donors (Lipinski definition) is 0. The highest BCUT2D eigenvalue weighted by atomic mass is 16.6. The van der Waals surface area contributed by atoms with E-state index < -0.39 is 5.97 Å². The van der Waals surface area contributed by atoms with Crippen molar-refractivity contribution in [2.24, 2.45) is 0 Å². The molecule has 2 atom stereocenters. The van der Waals surface area contributed by atoms with Gasteiger partial charge in [-0.2, -0.15) is 0 Å². The molecule has 118 valence electrons. The van der Waals surface area contributed by atoms with E-state index in [0.29, 0.717) is 0 Å². The lowest BCUT2D eigenvalue weighted by Gasteiger charge is -2.20. The van der Waals surface area contributed by atoms with Gasteiger partial charge in [-0.1, -0.05) is 42.5 Å². The lowest BCUT2D eigenvalue weighted by molar-refractivity contribution is -0.140. The highest BCUT2D eigenvalue weighted by Gasteiger charge is 2.34. The molecule has 1 aliphatic heterocycles. The van der Waals surface area contributed by atoms with E-state index in [1.807, 2.05) is 60.7 Å². The molecule has 0 spiro atoms. The van der Waals surface area contributed by atoms with Crippen LogP contribution in [0.3, 0.4) is 0 Å². The van der Waals surface area contributed by atoms with E-state index in [1.165, 1.54) is 7.11 Å². The van der Waals surface area contributed by atoms with Gasteiger partial charge in [0, 0.05) is 5.92 Å². The Balaban J connectivity index is 1.95. The first-order valence-corrected chi connectivity index (χ1v) is 7.38. The molecule has 0 N–H and O–H groups in total. The van der Waals surface area contributed by atoms with Crippen LogP contribution in [0.1, 0.15) is 23.1 Å². The molecule has 0 amide bonds. The monoisotopic (exact) mass is 310 g/mol. The van der Waals surface area contributed by atoms with Gasteiger partial charge in [-0.15, -0.1) is 0 Å². The van der Waals surface area contributed by atoms with Crippen LogP contribution < -0.4 is 4.74 Å². The average Bonchev–Trinajstić information content (AvgIpc) is 3.07. The van der Waals surface area contributed by atoms with Gasteiger partial charge in [0.2, 0.25) is 5.76 Å². The van der Waals surface area contributed by atoms with Crippen molar-refractivity contribution in [1.82, 2.24) is 0 Å². The highest BCUT2D eigenvalue weighted by Crippen LogP contribution is 2.43. The Labute approximate surface area is 135 Å². The highest BCUT2D eigenvalue weighted by molar-refractivity contribution is 5.87. The summed E-state index contributed by atoms with van der Waals surface area (Å²) >= 11 is 0. The second-order valence-electron chi connectivity index (χ2n) is 5.27. The Bertz CT molecular complexity index is 704. The minimum absolute atomic E-state index is 0.0429. The predicted octanol–water partition coefficient (Wildman–Crippen LogP) is 3.61. The zero-order valence-electron chi connectivity index (χ0n) is 13.1. The number of ether oxygens (including phenoxy) is 3. The number of esters is 1. The van der Waals surface area contributed by atoms with E-state index in [0.717, 1.165) is 16.9 Å². The van der Waals surface area contributed by atoms with E-state index in [4.69, 9.17) is 14.2 Å². The van der Waals surface area contributed by atoms with Crippen LogP contribution >= 0.6 is 0 Å². The summed E-state index contributed by atoms with van der Waals surface area (Å²) in [6.45, 7) is 0. The molecule has 0 fully saturated rings. The van der Waals surface area contributed by atoms with Crippen LogP contribution in [0.15, 0.2) is 66.4 Å². The van der Waals surface area contributed by atoms with E-state index >= 15 is 0 Å². The van der Waals surface area contributed by atoms with Crippen LogP contribution in [-0.2, 0) is 14.3 Å².